The number of alkyl halides is 3. The molecule has 20 heavy (non-hydrogen) atoms. The van der Waals surface area contributed by atoms with Gasteiger partial charge in [-0.1, -0.05) is 40.9 Å². The lowest BCUT2D eigenvalue weighted by atomic mass is 10.1. The third-order valence-electron chi connectivity index (χ3n) is 2.20. The van der Waals surface area contributed by atoms with Gasteiger partial charge in [0.15, 0.2) is 8.68 Å². The third-order valence-corrected chi connectivity index (χ3v) is 5.23. The van der Waals surface area contributed by atoms with Crippen LogP contribution in [-0.2, 0) is 6.18 Å². The number of aldehydes is 1. The van der Waals surface area contributed by atoms with Crippen LogP contribution in [0.4, 0.5) is 13.2 Å². The van der Waals surface area contributed by atoms with Crippen LogP contribution < -0.4 is 0 Å². The summed E-state index contributed by atoms with van der Waals surface area (Å²) in [6.07, 6.45) is -2.32. The van der Waals surface area contributed by atoms with Crippen molar-refractivity contribution in [2.75, 3.05) is 6.26 Å². The van der Waals surface area contributed by atoms with Crippen molar-refractivity contribution in [2.45, 2.75) is 19.8 Å². The molecule has 0 N–H and O–H groups in total. The van der Waals surface area contributed by atoms with E-state index in [-0.39, 0.29) is 10.5 Å². The van der Waals surface area contributed by atoms with E-state index in [0.29, 0.717) is 15.0 Å². The molecular formula is C11H7F3N2OS3. The third kappa shape index (κ3) is 3.53. The highest BCUT2D eigenvalue weighted by atomic mass is 32.2. The minimum absolute atomic E-state index is 0.00639. The number of carbonyl (C=O) groups is 1. The van der Waals surface area contributed by atoms with E-state index >= 15 is 0 Å². The molecule has 0 atom stereocenters. The molecule has 0 spiro atoms. The van der Waals surface area contributed by atoms with Gasteiger partial charge in [-0.3, -0.25) is 4.79 Å². The molecular weight excluding hydrogens is 329 g/mol. The molecule has 0 radical (unpaired) electrons. The second-order valence-electron chi connectivity index (χ2n) is 3.51. The Morgan fingerprint density at radius 2 is 1.95 bits per heavy atom. The summed E-state index contributed by atoms with van der Waals surface area (Å²) in [7, 11) is 0. The Kier molecular flexibility index (Phi) is 4.71. The first-order valence-electron chi connectivity index (χ1n) is 5.16. The quantitative estimate of drug-likeness (QED) is 0.617. The van der Waals surface area contributed by atoms with Gasteiger partial charge in [-0.25, -0.2) is 0 Å². The van der Waals surface area contributed by atoms with E-state index in [1.807, 2.05) is 6.26 Å². The van der Waals surface area contributed by atoms with Gasteiger partial charge in [-0.2, -0.15) is 13.2 Å². The second kappa shape index (κ2) is 6.15. The predicted octanol–water partition coefficient (Wildman–Crippen LogP) is 4.24. The molecule has 2 rings (SSSR count). The van der Waals surface area contributed by atoms with Crippen molar-refractivity contribution in [3.8, 4) is 0 Å². The van der Waals surface area contributed by atoms with E-state index in [1.165, 1.54) is 35.2 Å². The minimum atomic E-state index is -4.52. The SMILES string of the molecule is CSc1nnc(Sc2ccc(C=O)cc2C(F)(F)F)s1. The van der Waals surface area contributed by atoms with Gasteiger partial charge in [0.2, 0.25) is 0 Å². The molecule has 1 aromatic carbocycles. The number of nitrogens with zero attached hydrogens (tertiary/aromatic N) is 2. The number of aromatic nitrogens is 2. The zero-order valence-electron chi connectivity index (χ0n) is 9.97. The Bertz CT molecular complexity index is 628. The highest BCUT2D eigenvalue weighted by Gasteiger charge is 2.34. The summed E-state index contributed by atoms with van der Waals surface area (Å²) in [6.45, 7) is 0. The molecule has 0 fully saturated rings. The van der Waals surface area contributed by atoms with E-state index in [9.17, 15) is 18.0 Å². The summed E-state index contributed by atoms with van der Waals surface area (Å²) in [5.41, 5.74) is -0.850. The topological polar surface area (TPSA) is 42.9 Å². The van der Waals surface area contributed by atoms with Crippen molar-refractivity contribution in [3.63, 3.8) is 0 Å². The van der Waals surface area contributed by atoms with Crippen molar-refractivity contribution < 1.29 is 18.0 Å². The van der Waals surface area contributed by atoms with Crippen LogP contribution in [0.3, 0.4) is 0 Å². The van der Waals surface area contributed by atoms with Crippen LogP contribution in [-0.4, -0.2) is 22.7 Å². The number of hydrogen-bond acceptors (Lipinski definition) is 6. The van der Waals surface area contributed by atoms with Gasteiger partial charge in [0.05, 0.1) is 5.56 Å². The van der Waals surface area contributed by atoms with Gasteiger partial charge in [0.25, 0.3) is 0 Å². The van der Waals surface area contributed by atoms with E-state index in [4.69, 9.17) is 0 Å². The summed E-state index contributed by atoms with van der Waals surface area (Å²) in [6, 6.07) is 3.46. The van der Waals surface area contributed by atoms with Crippen molar-refractivity contribution in [3.05, 3.63) is 29.3 Å². The van der Waals surface area contributed by atoms with Crippen molar-refractivity contribution in [1.82, 2.24) is 10.2 Å². The number of carbonyl (C=O) groups excluding carboxylic acids is 1. The Morgan fingerprint density at radius 3 is 2.50 bits per heavy atom. The minimum Gasteiger partial charge on any atom is -0.298 e. The maximum Gasteiger partial charge on any atom is 0.417 e. The van der Waals surface area contributed by atoms with Crippen molar-refractivity contribution >= 4 is 41.1 Å². The van der Waals surface area contributed by atoms with Gasteiger partial charge in [0, 0.05) is 10.5 Å². The largest absolute Gasteiger partial charge is 0.417 e. The lowest BCUT2D eigenvalue weighted by Crippen LogP contribution is -2.07. The highest BCUT2D eigenvalue weighted by Crippen LogP contribution is 2.41. The van der Waals surface area contributed by atoms with E-state index in [0.717, 1.165) is 17.8 Å². The Labute approximate surface area is 125 Å². The molecule has 0 saturated carbocycles. The number of hydrogen-bond donors (Lipinski definition) is 0. The van der Waals surface area contributed by atoms with Crippen LogP contribution in [0, 0.1) is 0 Å². The molecule has 0 aliphatic rings. The second-order valence-corrected chi connectivity index (χ2v) is 6.83. The monoisotopic (exact) mass is 336 g/mol. The summed E-state index contributed by atoms with van der Waals surface area (Å²) in [5.74, 6) is 0. The number of thioether (sulfide) groups is 1. The first-order chi connectivity index (χ1) is 9.44. The molecule has 0 saturated heterocycles. The molecule has 0 bridgehead atoms. The zero-order valence-corrected chi connectivity index (χ0v) is 12.4. The van der Waals surface area contributed by atoms with Crippen molar-refractivity contribution in [1.29, 1.82) is 0 Å². The van der Waals surface area contributed by atoms with Gasteiger partial charge < -0.3 is 0 Å². The molecule has 0 aliphatic carbocycles. The molecule has 1 heterocycles. The van der Waals surface area contributed by atoms with Gasteiger partial charge in [-0.15, -0.1) is 10.2 Å². The van der Waals surface area contributed by atoms with Gasteiger partial charge in [-0.05, 0) is 18.4 Å². The van der Waals surface area contributed by atoms with Crippen LogP contribution in [0.25, 0.3) is 0 Å². The summed E-state index contributed by atoms with van der Waals surface area (Å²) >= 11 is 3.49. The highest BCUT2D eigenvalue weighted by molar-refractivity contribution is 8.03. The molecule has 3 nitrogen and oxygen atoms in total. The van der Waals surface area contributed by atoms with Crippen LogP contribution in [0.1, 0.15) is 15.9 Å². The smallest absolute Gasteiger partial charge is 0.298 e. The Balaban J connectivity index is 2.37. The Morgan fingerprint density at radius 1 is 1.25 bits per heavy atom. The maximum atomic E-state index is 13.0. The standard InChI is InChI=1S/C11H7F3N2OS3/c1-18-9-15-16-10(20-9)19-8-3-2-6(5-17)4-7(8)11(12,13)14/h2-5H,1H3. The molecule has 9 heteroatoms. The molecule has 106 valence electrons. The summed E-state index contributed by atoms with van der Waals surface area (Å²) in [4.78, 5) is 10.6. The van der Waals surface area contributed by atoms with Gasteiger partial charge in [0.1, 0.15) is 6.29 Å². The van der Waals surface area contributed by atoms with Crippen LogP contribution in [0.5, 0.6) is 0 Å². The maximum absolute atomic E-state index is 13.0. The van der Waals surface area contributed by atoms with Crippen molar-refractivity contribution in [2.24, 2.45) is 0 Å². The van der Waals surface area contributed by atoms with E-state index in [1.54, 1.807) is 0 Å². The van der Waals surface area contributed by atoms with Gasteiger partial charge >= 0.3 is 6.18 Å². The lowest BCUT2D eigenvalue weighted by molar-refractivity contribution is -0.139. The fourth-order valence-corrected chi connectivity index (χ4v) is 3.87. The number of rotatable bonds is 4. The van der Waals surface area contributed by atoms with Crippen LogP contribution in [0.15, 0.2) is 31.8 Å². The average Bonchev–Trinajstić information content (AvgIpc) is 2.85. The Hall–Kier alpha value is -1.06. The summed E-state index contributed by atoms with van der Waals surface area (Å²) in [5, 5.41) is 7.65. The van der Waals surface area contributed by atoms with E-state index in [2.05, 4.69) is 10.2 Å². The predicted molar refractivity (Wildman–Crippen MR) is 72.6 cm³/mol. The molecule has 0 amide bonds. The first kappa shape index (κ1) is 15.3. The van der Waals surface area contributed by atoms with Crippen LogP contribution >= 0.6 is 34.9 Å². The number of benzene rings is 1. The number of halogens is 3. The average molecular weight is 336 g/mol. The zero-order chi connectivity index (χ0) is 14.8. The fourth-order valence-electron chi connectivity index (χ4n) is 1.35. The van der Waals surface area contributed by atoms with E-state index < -0.39 is 11.7 Å². The first-order valence-corrected chi connectivity index (χ1v) is 8.01. The normalized spacial score (nSPS) is 11.6. The summed E-state index contributed by atoms with van der Waals surface area (Å²) < 4.78 is 40.0. The molecule has 0 aliphatic heterocycles. The van der Waals surface area contributed by atoms with Crippen LogP contribution in [0.2, 0.25) is 0 Å². The lowest BCUT2D eigenvalue weighted by Gasteiger charge is -2.11. The molecule has 1 aromatic heterocycles. The molecule has 0 unspecified atom stereocenters. The fraction of sp³-hybridized carbons (Fsp3) is 0.182. The molecule has 2 aromatic rings.